The van der Waals surface area contributed by atoms with Gasteiger partial charge in [-0.3, -0.25) is 4.57 Å². The Kier molecular flexibility index (Phi) is 4.41. The first-order valence-corrected chi connectivity index (χ1v) is 9.32. The van der Waals surface area contributed by atoms with Crippen LogP contribution in [0.3, 0.4) is 0 Å². The lowest BCUT2D eigenvalue weighted by Gasteiger charge is -2.16. The lowest BCUT2D eigenvalue weighted by molar-refractivity contribution is 1.03. The number of hydrogen-bond donors (Lipinski definition) is 0. The van der Waals surface area contributed by atoms with Gasteiger partial charge in [0.2, 0.25) is 0 Å². The molecule has 0 aliphatic carbocycles. The highest BCUT2D eigenvalue weighted by Gasteiger charge is 2.13. The van der Waals surface area contributed by atoms with Gasteiger partial charge in [0.15, 0.2) is 0 Å². The first kappa shape index (κ1) is 17.3. The van der Waals surface area contributed by atoms with Crippen molar-refractivity contribution in [3.05, 3.63) is 95.3 Å². The molecule has 0 saturated carbocycles. The van der Waals surface area contributed by atoms with E-state index in [1.54, 1.807) is 0 Å². The monoisotopic (exact) mass is 352 g/mol. The molecule has 0 unspecified atom stereocenters. The van der Waals surface area contributed by atoms with Gasteiger partial charge in [-0.25, -0.2) is 4.98 Å². The van der Waals surface area contributed by atoms with Crippen molar-refractivity contribution in [2.45, 2.75) is 27.7 Å². The minimum Gasteiger partial charge on any atom is -0.299 e. The molecule has 0 atom stereocenters. The molecule has 0 N–H and O–H groups in total. The van der Waals surface area contributed by atoms with E-state index >= 15 is 0 Å². The van der Waals surface area contributed by atoms with Gasteiger partial charge in [0.25, 0.3) is 0 Å². The Morgan fingerprint density at radius 2 is 1.26 bits per heavy atom. The molecule has 0 amide bonds. The summed E-state index contributed by atoms with van der Waals surface area (Å²) in [4.78, 5) is 4.61. The van der Waals surface area contributed by atoms with Gasteiger partial charge in [-0.05, 0) is 62.1 Å². The van der Waals surface area contributed by atoms with Crippen molar-refractivity contribution in [1.82, 2.24) is 9.55 Å². The van der Waals surface area contributed by atoms with Crippen molar-refractivity contribution in [1.29, 1.82) is 0 Å². The molecule has 2 nitrogen and oxygen atoms in total. The van der Waals surface area contributed by atoms with E-state index in [2.05, 4.69) is 91.8 Å². The molecule has 0 radical (unpaired) electrons. The molecule has 1 heterocycles. The third kappa shape index (κ3) is 3.31. The van der Waals surface area contributed by atoms with Crippen LogP contribution >= 0.6 is 0 Å². The van der Waals surface area contributed by atoms with Crippen LogP contribution < -0.4 is 0 Å². The van der Waals surface area contributed by atoms with E-state index in [1.807, 2.05) is 18.5 Å². The zero-order valence-electron chi connectivity index (χ0n) is 16.3. The average Bonchev–Trinajstić information content (AvgIpc) is 3.10. The minimum atomic E-state index is 0.973. The third-order valence-corrected chi connectivity index (χ3v) is 4.96. The Labute approximate surface area is 161 Å². The maximum absolute atomic E-state index is 4.61. The zero-order valence-corrected chi connectivity index (χ0v) is 16.3. The summed E-state index contributed by atoms with van der Waals surface area (Å²) in [6, 6.07) is 21.6. The molecular formula is C25H24N2. The molecule has 0 bridgehead atoms. The fourth-order valence-corrected chi connectivity index (χ4v) is 3.93. The number of aromatic nitrogens is 2. The van der Waals surface area contributed by atoms with Crippen LogP contribution in [0.5, 0.6) is 0 Å². The van der Waals surface area contributed by atoms with Crippen molar-refractivity contribution in [3.63, 3.8) is 0 Å². The largest absolute Gasteiger partial charge is 0.299 e. The first-order valence-electron chi connectivity index (χ1n) is 9.32. The molecule has 27 heavy (non-hydrogen) atoms. The lowest BCUT2D eigenvalue weighted by Crippen LogP contribution is -2.02. The Morgan fingerprint density at radius 1 is 0.667 bits per heavy atom. The van der Waals surface area contributed by atoms with Crippen LogP contribution in [0, 0.1) is 27.7 Å². The summed E-state index contributed by atoms with van der Waals surface area (Å²) >= 11 is 0. The molecule has 0 saturated heterocycles. The molecular weight excluding hydrogens is 328 g/mol. The molecule has 4 rings (SSSR count). The molecule has 4 aromatic rings. The number of benzene rings is 3. The van der Waals surface area contributed by atoms with Crippen molar-refractivity contribution >= 4 is 0 Å². The van der Waals surface area contributed by atoms with E-state index in [0.717, 1.165) is 11.4 Å². The quantitative estimate of drug-likeness (QED) is 0.415. The summed E-state index contributed by atoms with van der Waals surface area (Å²) in [6.07, 6.45) is 3.92. The van der Waals surface area contributed by atoms with E-state index in [-0.39, 0.29) is 0 Å². The van der Waals surface area contributed by atoms with Gasteiger partial charge < -0.3 is 0 Å². The first-order chi connectivity index (χ1) is 13.0. The number of imidazole rings is 1. The van der Waals surface area contributed by atoms with E-state index < -0.39 is 0 Å². The van der Waals surface area contributed by atoms with Crippen LogP contribution in [0.4, 0.5) is 0 Å². The Morgan fingerprint density at radius 3 is 1.89 bits per heavy atom. The van der Waals surface area contributed by atoms with Crippen LogP contribution in [0.25, 0.3) is 28.2 Å². The molecule has 0 aliphatic rings. The highest BCUT2D eigenvalue weighted by Crippen LogP contribution is 2.31. The maximum Gasteiger partial charge on any atom is 0.144 e. The summed E-state index contributed by atoms with van der Waals surface area (Å²) in [5.41, 5.74) is 9.97. The topological polar surface area (TPSA) is 17.8 Å². The smallest absolute Gasteiger partial charge is 0.144 e. The molecule has 3 aromatic carbocycles. The standard InChI is InChI=1S/C25H24N2/c1-17-12-18(2)14-22(13-17)23-15-19(3)24(20(4)16-23)27-11-10-26-25(27)21-8-6-5-7-9-21/h5-16H,1-4H3. The van der Waals surface area contributed by atoms with Crippen LogP contribution in [-0.4, -0.2) is 9.55 Å². The van der Waals surface area contributed by atoms with Gasteiger partial charge in [-0.2, -0.15) is 0 Å². The van der Waals surface area contributed by atoms with Gasteiger partial charge in [-0.15, -0.1) is 0 Å². The Balaban J connectivity index is 1.84. The average molecular weight is 352 g/mol. The van der Waals surface area contributed by atoms with E-state index in [1.165, 1.54) is 39.1 Å². The number of aryl methyl sites for hydroxylation is 4. The Hall–Kier alpha value is -3.13. The second-order valence-electron chi connectivity index (χ2n) is 7.32. The summed E-state index contributed by atoms with van der Waals surface area (Å²) < 4.78 is 2.20. The highest BCUT2D eigenvalue weighted by molar-refractivity contribution is 5.71. The van der Waals surface area contributed by atoms with E-state index in [9.17, 15) is 0 Å². The second-order valence-corrected chi connectivity index (χ2v) is 7.32. The van der Waals surface area contributed by atoms with Crippen molar-refractivity contribution < 1.29 is 0 Å². The Bertz CT molecular complexity index is 1060. The van der Waals surface area contributed by atoms with E-state index in [0.29, 0.717) is 0 Å². The van der Waals surface area contributed by atoms with Gasteiger partial charge in [0.1, 0.15) is 5.82 Å². The van der Waals surface area contributed by atoms with Gasteiger partial charge in [0, 0.05) is 18.0 Å². The van der Waals surface area contributed by atoms with Crippen LogP contribution in [0.2, 0.25) is 0 Å². The normalized spacial score (nSPS) is 11.0. The second kappa shape index (κ2) is 6.88. The van der Waals surface area contributed by atoms with Gasteiger partial charge >= 0.3 is 0 Å². The van der Waals surface area contributed by atoms with Crippen LogP contribution in [0.1, 0.15) is 22.3 Å². The van der Waals surface area contributed by atoms with Crippen molar-refractivity contribution in [2.75, 3.05) is 0 Å². The SMILES string of the molecule is Cc1cc(C)cc(-c2cc(C)c(-n3ccnc3-c3ccccc3)c(C)c2)c1. The summed E-state index contributed by atoms with van der Waals surface area (Å²) in [7, 11) is 0. The highest BCUT2D eigenvalue weighted by atomic mass is 15.1. The maximum atomic E-state index is 4.61. The molecule has 0 aliphatic heterocycles. The molecule has 0 fully saturated rings. The molecule has 2 heteroatoms. The minimum absolute atomic E-state index is 0.973. The van der Waals surface area contributed by atoms with Gasteiger partial charge in [-0.1, -0.05) is 59.7 Å². The molecule has 1 aromatic heterocycles. The fraction of sp³-hybridized carbons (Fsp3) is 0.160. The molecule has 0 spiro atoms. The number of nitrogens with zero attached hydrogens (tertiary/aromatic N) is 2. The van der Waals surface area contributed by atoms with Gasteiger partial charge in [0.05, 0.1) is 5.69 Å². The predicted molar refractivity (Wildman–Crippen MR) is 113 cm³/mol. The van der Waals surface area contributed by atoms with Crippen LogP contribution in [-0.2, 0) is 0 Å². The fourth-order valence-electron chi connectivity index (χ4n) is 3.93. The van der Waals surface area contributed by atoms with E-state index in [4.69, 9.17) is 0 Å². The predicted octanol–water partition coefficient (Wildman–Crippen LogP) is 6.44. The summed E-state index contributed by atoms with van der Waals surface area (Å²) in [5, 5.41) is 0. The number of hydrogen-bond acceptors (Lipinski definition) is 1. The third-order valence-electron chi connectivity index (χ3n) is 4.96. The lowest BCUT2D eigenvalue weighted by atomic mass is 9.96. The van der Waals surface area contributed by atoms with Crippen molar-refractivity contribution in [3.8, 4) is 28.2 Å². The zero-order chi connectivity index (χ0) is 19.0. The molecule has 134 valence electrons. The summed E-state index contributed by atoms with van der Waals surface area (Å²) in [5.74, 6) is 0.973. The number of rotatable bonds is 3. The summed E-state index contributed by atoms with van der Waals surface area (Å²) in [6.45, 7) is 8.68. The van der Waals surface area contributed by atoms with Crippen LogP contribution in [0.15, 0.2) is 73.1 Å². The van der Waals surface area contributed by atoms with Crippen molar-refractivity contribution in [2.24, 2.45) is 0 Å².